The fraction of sp³-hybridized carbons (Fsp3) is 0.406. The van der Waals surface area contributed by atoms with Crippen molar-refractivity contribution >= 4 is 23.2 Å². The third kappa shape index (κ3) is 4.08. The highest BCUT2D eigenvalue weighted by Crippen LogP contribution is 2.54. The Hall–Kier alpha value is -3.99. The fourth-order valence-corrected chi connectivity index (χ4v) is 6.93. The molecule has 1 fully saturated rings. The van der Waals surface area contributed by atoms with Gasteiger partial charge in [-0.25, -0.2) is 0 Å². The molecule has 3 aliphatic rings. The summed E-state index contributed by atoms with van der Waals surface area (Å²) in [6, 6.07) is 8.60. The van der Waals surface area contributed by atoms with E-state index in [0.717, 1.165) is 16.7 Å². The Bertz CT molecular complexity index is 1600. The molecule has 3 aliphatic carbocycles. The zero-order valence-electron chi connectivity index (χ0n) is 24.4. The van der Waals surface area contributed by atoms with Crippen LogP contribution in [0.2, 0.25) is 0 Å². The number of carbonyl (C=O) groups is 3. The quantitative estimate of drug-likeness (QED) is 0.298. The van der Waals surface area contributed by atoms with Gasteiger partial charge in [0.05, 0.1) is 11.6 Å². The minimum Gasteiger partial charge on any atom is -0.508 e. The normalized spacial score (nSPS) is 25.9. The molecule has 10 nitrogen and oxygen atoms in total. The number of benzene rings is 2. The maximum Gasteiger partial charge on any atom is 0.255 e. The van der Waals surface area contributed by atoms with Crippen LogP contribution >= 0.6 is 0 Å². The predicted octanol–water partition coefficient (Wildman–Crippen LogP) is 2.39. The number of primary amides is 1. The van der Waals surface area contributed by atoms with Crippen LogP contribution in [0.4, 0.5) is 0 Å². The summed E-state index contributed by atoms with van der Waals surface area (Å²) in [5.41, 5.74) is 11.2. The number of hydrogen-bond acceptors (Lipinski definition) is 9. The molecule has 8 N–H and O–H groups in total. The summed E-state index contributed by atoms with van der Waals surface area (Å²) in [6.07, 6.45) is 0.219. The fourth-order valence-electron chi connectivity index (χ4n) is 6.93. The smallest absolute Gasteiger partial charge is 0.255 e. The summed E-state index contributed by atoms with van der Waals surface area (Å²) in [7, 11) is 3.14. The molecule has 0 radical (unpaired) electrons. The van der Waals surface area contributed by atoms with Crippen LogP contribution < -0.4 is 11.5 Å². The third-order valence-electron chi connectivity index (χ3n) is 9.08. The van der Waals surface area contributed by atoms with Gasteiger partial charge in [-0.15, -0.1) is 0 Å². The number of fused-ring (bicyclic) bond motifs is 3. The van der Waals surface area contributed by atoms with Gasteiger partial charge in [0.25, 0.3) is 5.91 Å². The van der Waals surface area contributed by atoms with E-state index in [4.69, 9.17) is 11.5 Å². The van der Waals surface area contributed by atoms with E-state index in [-0.39, 0.29) is 41.7 Å². The van der Waals surface area contributed by atoms with Gasteiger partial charge in [-0.1, -0.05) is 45.0 Å². The number of phenols is 1. The second kappa shape index (κ2) is 9.79. The largest absolute Gasteiger partial charge is 0.508 e. The Morgan fingerprint density at radius 3 is 2.24 bits per heavy atom. The SMILES string of the molecule is CN(C)C1C(=O)C(C(N)=O)=C(O)[C@@]2(O)C(=O)C3=C(O)c4c(O)c(CN)cc(-c5ccc(C(C)(C)C)cc5)c4C[C@H]3C[C@H]12. The lowest BCUT2D eigenvalue weighted by Gasteiger charge is -2.50. The molecule has 5 rings (SSSR count). The van der Waals surface area contributed by atoms with Crippen LogP contribution in [0.25, 0.3) is 16.9 Å². The topological polar surface area (TPSA) is 187 Å². The van der Waals surface area contributed by atoms with Crippen LogP contribution in [0.15, 0.2) is 47.2 Å². The molecule has 1 saturated carbocycles. The number of aromatic hydroxyl groups is 1. The number of amides is 1. The zero-order chi connectivity index (χ0) is 31.0. The number of nitrogens with zero attached hydrogens (tertiary/aromatic N) is 1. The number of hydrogen-bond donors (Lipinski definition) is 6. The van der Waals surface area contributed by atoms with Crippen LogP contribution in [0.1, 0.15) is 49.4 Å². The van der Waals surface area contributed by atoms with Crippen molar-refractivity contribution in [3.63, 3.8) is 0 Å². The van der Waals surface area contributed by atoms with E-state index in [1.165, 1.54) is 4.90 Å². The van der Waals surface area contributed by atoms with Gasteiger partial charge >= 0.3 is 0 Å². The van der Waals surface area contributed by atoms with E-state index < -0.39 is 58.0 Å². The number of ketones is 2. The van der Waals surface area contributed by atoms with E-state index in [1.807, 2.05) is 24.3 Å². The van der Waals surface area contributed by atoms with E-state index in [9.17, 15) is 34.8 Å². The highest BCUT2D eigenvalue weighted by Gasteiger charge is 2.64. The van der Waals surface area contributed by atoms with Gasteiger partial charge in [-0.2, -0.15) is 0 Å². The second-order valence-electron chi connectivity index (χ2n) is 12.8. The van der Waals surface area contributed by atoms with Gasteiger partial charge < -0.3 is 31.9 Å². The summed E-state index contributed by atoms with van der Waals surface area (Å²) in [4.78, 5) is 41.1. The summed E-state index contributed by atoms with van der Waals surface area (Å²) in [6.45, 7) is 6.28. The zero-order valence-corrected chi connectivity index (χ0v) is 24.4. The van der Waals surface area contributed by atoms with Crippen molar-refractivity contribution in [3.8, 4) is 16.9 Å². The first kappa shape index (κ1) is 29.5. The maximum absolute atomic E-state index is 14.1. The molecule has 1 amide bonds. The summed E-state index contributed by atoms with van der Waals surface area (Å²) in [5, 5.41) is 45.6. The average molecular weight is 576 g/mol. The molecule has 0 aromatic heterocycles. The molecule has 2 aromatic rings. The molecule has 0 saturated heterocycles. The maximum atomic E-state index is 14.1. The Labute approximate surface area is 243 Å². The number of rotatable bonds is 4. The van der Waals surface area contributed by atoms with Crippen molar-refractivity contribution in [2.45, 2.75) is 57.2 Å². The molecule has 1 unspecified atom stereocenters. The number of likely N-dealkylation sites (N-methyl/N-ethyl adjacent to an activating group) is 1. The van der Waals surface area contributed by atoms with Crippen LogP contribution in [-0.2, 0) is 32.8 Å². The van der Waals surface area contributed by atoms with E-state index in [1.54, 1.807) is 20.2 Å². The van der Waals surface area contributed by atoms with Crippen LogP contribution in [0.3, 0.4) is 0 Å². The number of aliphatic hydroxyl groups excluding tert-OH is 2. The van der Waals surface area contributed by atoms with Crippen LogP contribution in [-0.4, -0.2) is 68.5 Å². The molecule has 222 valence electrons. The lowest BCUT2D eigenvalue weighted by molar-refractivity contribution is -0.153. The predicted molar refractivity (Wildman–Crippen MR) is 156 cm³/mol. The van der Waals surface area contributed by atoms with Crippen molar-refractivity contribution < 1.29 is 34.8 Å². The number of aliphatic hydroxyl groups is 3. The third-order valence-corrected chi connectivity index (χ3v) is 9.08. The minimum absolute atomic E-state index is 0.0214. The van der Waals surface area contributed by atoms with Gasteiger partial charge in [-0.3, -0.25) is 19.3 Å². The van der Waals surface area contributed by atoms with Crippen LogP contribution in [0, 0.1) is 11.8 Å². The average Bonchev–Trinajstić information content (AvgIpc) is 2.90. The van der Waals surface area contributed by atoms with Gasteiger partial charge in [0, 0.05) is 23.6 Å². The van der Waals surface area contributed by atoms with E-state index in [2.05, 4.69) is 20.8 Å². The lowest BCUT2D eigenvalue weighted by atomic mass is 9.57. The van der Waals surface area contributed by atoms with Gasteiger partial charge in [-0.05, 0) is 66.6 Å². The van der Waals surface area contributed by atoms with E-state index in [0.29, 0.717) is 11.1 Å². The van der Waals surface area contributed by atoms with Crippen molar-refractivity contribution in [2.24, 2.45) is 23.3 Å². The molecule has 0 heterocycles. The van der Waals surface area contributed by atoms with Crippen molar-refractivity contribution in [1.82, 2.24) is 4.90 Å². The monoisotopic (exact) mass is 575 g/mol. The summed E-state index contributed by atoms with van der Waals surface area (Å²) >= 11 is 0. The van der Waals surface area contributed by atoms with E-state index >= 15 is 0 Å². The first-order valence-corrected chi connectivity index (χ1v) is 13.9. The van der Waals surface area contributed by atoms with Crippen molar-refractivity contribution in [2.75, 3.05) is 14.1 Å². The first-order chi connectivity index (χ1) is 19.5. The lowest BCUT2D eigenvalue weighted by Crippen LogP contribution is -2.65. The number of Topliss-reactive ketones (excluding diaryl/α,β-unsaturated/α-hetero) is 2. The Morgan fingerprint density at radius 1 is 1.10 bits per heavy atom. The molecule has 0 spiro atoms. The highest BCUT2D eigenvalue weighted by molar-refractivity contribution is 6.24. The number of nitrogens with two attached hydrogens (primary N) is 2. The Morgan fingerprint density at radius 2 is 1.71 bits per heavy atom. The van der Waals surface area contributed by atoms with Gasteiger partial charge in [0.1, 0.15) is 22.8 Å². The molecule has 10 heteroatoms. The Balaban J connectivity index is 1.74. The highest BCUT2D eigenvalue weighted by atomic mass is 16.3. The summed E-state index contributed by atoms with van der Waals surface area (Å²) < 4.78 is 0. The molecule has 42 heavy (non-hydrogen) atoms. The molecule has 0 aliphatic heterocycles. The summed E-state index contributed by atoms with van der Waals surface area (Å²) in [5.74, 6) is -6.83. The standard InChI is InChI=1S/C32H37N3O7/c1-31(2,3)17-8-6-14(7-9-17)18-11-16(13-33)25(36)22-19(18)10-15-12-20-24(35(4)5)27(38)23(30(34)41)29(40)32(20,42)28(39)21(15)26(22)37/h6-9,11,15,20,24,36-37,40,42H,10,12-13,33H2,1-5H3,(H2,34,41)/t15-,20+,24?,32-/m0/s1. The number of carbonyl (C=O) groups excluding carboxylic acids is 3. The van der Waals surface area contributed by atoms with Crippen LogP contribution in [0.5, 0.6) is 5.75 Å². The van der Waals surface area contributed by atoms with Crippen molar-refractivity contribution in [3.05, 3.63) is 69.5 Å². The number of phenolic OH excluding ortho intramolecular Hbond substituents is 1. The van der Waals surface area contributed by atoms with Gasteiger partial charge in [0.15, 0.2) is 11.4 Å². The molecular formula is C32H37N3O7. The molecule has 2 aromatic carbocycles. The molecule has 0 bridgehead atoms. The van der Waals surface area contributed by atoms with Gasteiger partial charge in [0.2, 0.25) is 5.78 Å². The molecular weight excluding hydrogens is 538 g/mol. The first-order valence-electron chi connectivity index (χ1n) is 13.9. The second-order valence-corrected chi connectivity index (χ2v) is 12.8. The minimum atomic E-state index is -2.68. The Kier molecular flexibility index (Phi) is 6.88. The van der Waals surface area contributed by atoms with Crippen molar-refractivity contribution in [1.29, 1.82) is 0 Å². The molecule has 4 atom stereocenters.